The van der Waals surface area contributed by atoms with E-state index >= 15 is 0 Å². The minimum Gasteiger partial charge on any atom is -0.490 e. The first kappa shape index (κ1) is 18.6. The number of methoxy groups -OCH3 is 1. The summed E-state index contributed by atoms with van der Waals surface area (Å²) in [5, 5.41) is 11.0. The fourth-order valence-electron chi connectivity index (χ4n) is 2.47. The van der Waals surface area contributed by atoms with Crippen LogP contribution >= 0.6 is 12.4 Å². The van der Waals surface area contributed by atoms with Crippen LogP contribution < -0.4 is 10.5 Å². The number of benzene rings is 1. The molecule has 10 heteroatoms. The van der Waals surface area contributed by atoms with E-state index in [2.05, 4.69) is 0 Å². The quantitative estimate of drug-likeness (QED) is 0.628. The van der Waals surface area contributed by atoms with Gasteiger partial charge in [0.2, 0.25) is 10.0 Å². The first-order valence-corrected chi connectivity index (χ1v) is 7.90. The normalized spacial score (nSPS) is 18.7. The van der Waals surface area contributed by atoms with Crippen LogP contribution in [0.1, 0.15) is 12.8 Å². The van der Waals surface area contributed by atoms with Crippen molar-refractivity contribution in [3.05, 3.63) is 28.3 Å². The maximum Gasteiger partial charge on any atom is 0.312 e. The molecule has 1 fully saturated rings. The monoisotopic (exact) mass is 351 g/mol. The predicted octanol–water partition coefficient (Wildman–Crippen LogP) is 1.14. The zero-order valence-electron chi connectivity index (χ0n) is 12.0. The van der Waals surface area contributed by atoms with Crippen LogP contribution in [0.4, 0.5) is 5.69 Å². The molecule has 0 bridgehead atoms. The Labute approximate surface area is 134 Å². The molecule has 22 heavy (non-hydrogen) atoms. The Morgan fingerprint density at radius 1 is 1.50 bits per heavy atom. The van der Waals surface area contributed by atoms with Gasteiger partial charge in [-0.15, -0.1) is 12.4 Å². The molecule has 1 unspecified atom stereocenters. The van der Waals surface area contributed by atoms with E-state index < -0.39 is 14.9 Å². The zero-order valence-corrected chi connectivity index (χ0v) is 13.6. The van der Waals surface area contributed by atoms with E-state index in [1.54, 1.807) is 0 Å². The fraction of sp³-hybridized carbons (Fsp3) is 0.500. The summed E-state index contributed by atoms with van der Waals surface area (Å²) in [6, 6.07) is 3.38. The number of sulfonamides is 1. The van der Waals surface area contributed by atoms with Crippen LogP contribution in [0.25, 0.3) is 0 Å². The fourth-order valence-corrected chi connectivity index (χ4v) is 4.19. The molecule has 8 nitrogen and oxygen atoms in total. The van der Waals surface area contributed by atoms with Crippen LogP contribution in [0.3, 0.4) is 0 Å². The maximum absolute atomic E-state index is 12.6. The summed E-state index contributed by atoms with van der Waals surface area (Å²) in [4.78, 5) is 10.2. The summed E-state index contributed by atoms with van der Waals surface area (Å²) in [5.41, 5.74) is 5.22. The largest absolute Gasteiger partial charge is 0.490 e. The standard InChI is InChI=1S/C12H17N3O5S.ClH/c1-20-12-5-4-10(7-11(12)15(16)17)21(18,19)14-6-2-3-9(14)8-13;/h4-5,7,9H,2-3,6,8,13H2,1H3;1H. The summed E-state index contributed by atoms with van der Waals surface area (Å²) in [6.07, 6.45) is 1.44. The molecule has 1 aliphatic heterocycles. The minimum absolute atomic E-state index is 0. The molecular weight excluding hydrogens is 334 g/mol. The molecule has 1 heterocycles. The number of nitro benzene ring substituents is 1. The highest BCUT2D eigenvalue weighted by Gasteiger charge is 2.35. The number of nitrogens with zero attached hydrogens (tertiary/aromatic N) is 2. The van der Waals surface area contributed by atoms with E-state index in [0.717, 1.165) is 12.5 Å². The van der Waals surface area contributed by atoms with Crippen LogP contribution in [-0.4, -0.2) is 43.9 Å². The topological polar surface area (TPSA) is 116 Å². The van der Waals surface area contributed by atoms with Gasteiger partial charge in [-0.05, 0) is 25.0 Å². The zero-order chi connectivity index (χ0) is 15.6. The van der Waals surface area contributed by atoms with Crippen molar-refractivity contribution in [2.45, 2.75) is 23.8 Å². The van der Waals surface area contributed by atoms with Gasteiger partial charge in [0.1, 0.15) is 0 Å². The van der Waals surface area contributed by atoms with Gasteiger partial charge in [-0.2, -0.15) is 4.31 Å². The third-order valence-corrected chi connectivity index (χ3v) is 5.50. The Balaban J connectivity index is 0.00000242. The summed E-state index contributed by atoms with van der Waals surface area (Å²) in [6.45, 7) is 0.613. The third kappa shape index (κ3) is 3.32. The Bertz CT molecular complexity index is 652. The first-order chi connectivity index (χ1) is 9.91. The first-order valence-electron chi connectivity index (χ1n) is 6.46. The van der Waals surface area contributed by atoms with E-state index in [0.29, 0.717) is 13.0 Å². The molecule has 0 spiro atoms. The van der Waals surface area contributed by atoms with Crippen LogP contribution in [0.2, 0.25) is 0 Å². The number of ether oxygens (including phenoxy) is 1. The molecule has 1 atom stereocenters. The smallest absolute Gasteiger partial charge is 0.312 e. The van der Waals surface area contributed by atoms with Crippen LogP contribution in [0.5, 0.6) is 5.75 Å². The molecule has 1 saturated heterocycles. The third-order valence-electron chi connectivity index (χ3n) is 3.55. The lowest BCUT2D eigenvalue weighted by atomic mass is 10.2. The van der Waals surface area contributed by atoms with Gasteiger partial charge in [-0.1, -0.05) is 0 Å². The lowest BCUT2D eigenvalue weighted by Crippen LogP contribution is -2.39. The highest BCUT2D eigenvalue weighted by atomic mass is 35.5. The van der Waals surface area contributed by atoms with Crippen molar-refractivity contribution < 1.29 is 18.1 Å². The van der Waals surface area contributed by atoms with Crippen LogP contribution in [-0.2, 0) is 10.0 Å². The van der Waals surface area contributed by atoms with E-state index in [1.807, 2.05) is 0 Å². The molecule has 2 rings (SSSR count). The van der Waals surface area contributed by atoms with Crippen LogP contribution in [0, 0.1) is 10.1 Å². The van der Waals surface area contributed by atoms with Crippen molar-refractivity contribution in [2.75, 3.05) is 20.2 Å². The van der Waals surface area contributed by atoms with Crippen molar-refractivity contribution in [3.8, 4) is 5.75 Å². The van der Waals surface area contributed by atoms with Gasteiger partial charge < -0.3 is 10.5 Å². The molecule has 2 N–H and O–H groups in total. The van der Waals surface area contributed by atoms with E-state index in [4.69, 9.17) is 10.5 Å². The Morgan fingerprint density at radius 2 is 2.18 bits per heavy atom. The molecule has 124 valence electrons. The molecule has 0 aliphatic carbocycles. The van der Waals surface area contributed by atoms with Crippen molar-refractivity contribution >= 4 is 28.1 Å². The van der Waals surface area contributed by atoms with Gasteiger partial charge in [-0.3, -0.25) is 10.1 Å². The number of halogens is 1. The van der Waals surface area contributed by atoms with Gasteiger partial charge in [-0.25, -0.2) is 8.42 Å². The van der Waals surface area contributed by atoms with Crippen molar-refractivity contribution in [2.24, 2.45) is 5.73 Å². The summed E-state index contributed by atoms with van der Waals surface area (Å²) in [7, 11) is -2.49. The summed E-state index contributed by atoms with van der Waals surface area (Å²) in [5.74, 6) is 0.0238. The Kier molecular flexibility index (Phi) is 6.12. The van der Waals surface area contributed by atoms with Gasteiger partial charge in [0.05, 0.1) is 16.9 Å². The average molecular weight is 352 g/mol. The van der Waals surface area contributed by atoms with Gasteiger partial charge in [0.25, 0.3) is 0 Å². The Hall–Kier alpha value is -1.42. The van der Waals surface area contributed by atoms with E-state index in [9.17, 15) is 18.5 Å². The highest BCUT2D eigenvalue weighted by Crippen LogP contribution is 2.32. The highest BCUT2D eigenvalue weighted by molar-refractivity contribution is 7.89. The van der Waals surface area contributed by atoms with Crippen LogP contribution in [0.15, 0.2) is 23.1 Å². The number of rotatable bonds is 5. The minimum atomic E-state index is -3.79. The average Bonchev–Trinajstić information content (AvgIpc) is 2.95. The van der Waals surface area contributed by atoms with Crippen molar-refractivity contribution in [1.29, 1.82) is 0 Å². The Morgan fingerprint density at radius 3 is 2.73 bits per heavy atom. The number of hydrogen-bond donors (Lipinski definition) is 1. The molecule has 1 aromatic rings. The van der Waals surface area contributed by atoms with Gasteiger partial charge >= 0.3 is 5.69 Å². The second-order valence-electron chi connectivity index (χ2n) is 4.74. The molecular formula is C12H18ClN3O5S. The number of nitrogens with two attached hydrogens (primary N) is 1. The molecule has 1 aromatic carbocycles. The summed E-state index contributed by atoms with van der Waals surface area (Å²) >= 11 is 0. The second-order valence-corrected chi connectivity index (χ2v) is 6.63. The molecule has 0 amide bonds. The van der Waals surface area contributed by atoms with Gasteiger partial charge in [0, 0.05) is 25.2 Å². The van der Waals surface area contributed by atoms with Crippen molar-refractivity contribution in [1.82, 2.24) is 4.31 Å². The van der Waals surface area contributed by atoms with E-state index in [-0.39, 0.29) is 41.3 Å². The van der Waals surface area contributed by atoms with Gasteiger partial charge in [0.15, 0.2) is 5.75 Å². The SMILES string of the molecule is COc1ccc(S(=O)(=O)N2CCCC2CN)cc1[N+](=O)[O-].Cl. The molecule has 0 saturated carbocycles. The summed E-state index contributed by atoms with van der Waals surface area (Å²) < 4.78 is 31.4. The molecule has 0 aromatic heterocycles. The second kappa shape index (κ2) is 7.23. The molecule has 0 radical (unpaired) electrons. The number of hydrogen-bond acceptors (Lipinski definition) is 6. The van der Waals surface area contributed by atoms with Crippen molar-refractivity contribution in [3.63, 3.8) is 0 Å². The van der Waals surface area contributed by atoms with E-state index in [1.165, 1.54) is 23.5 Å². The lowest BCUT2D eigenvalue weighted by molar-refractivity contribution is -0.386. The lowest BCUT2D eigenvalue weighted by Gasteiger charge is -2.22. The molecule has 1 aliphatic rings. The predicted molar refractivity (Wildman–Crippen MR) is 82.9 cm³/mol. The number of nitro groups is 1. The maximum atomic E-state index is 12.6.